The minimum absolute atomic E-state index is 0.0726. The Bertz CT molecular complexity index is 498. The summed E-state index contributed by atoms with van der Waals surface area (Å²) in [7, 11) is -2.84. The molecule has 0 radical (unpaired) electrons. The summed E-state index contributed by atoms with van der Waals surface area (Å²) >= 11 is 1.63. The molecule has 5 nitrogen and oxygen atoms in total. The molecule has 0 aliphatic carbocycles. The van der Waals surface area contributed by atoms with Gasteiger partial charge in [-0.05, 0) is 13.5 Å². The van der Waals surface area contributed by atoms with Crippen molar-refractivity contribution in [3.05, 3.63) is 16.1 Å². The lowest BCUT2D eigenvalue weighted by atomic mass is 10.3. The van der Waals surface area contributed by atoms with Gasteiger partial charge in [0.2, 0.25) is 0 Å². The minimum Gasteiger partial charge on any atom is -0.330 e. The number of hydrogen-bond donors (Lipinski definition) is 1. The van der Waals surface area contributed by atoms with Crippen molar-refractivity contribution in [2.75, 3.05) is 24.6 Å². The third kappa shape index (κ3) is 3.50. The fourth-order valence-electron chi connectivity index (χ4n) is 2.14. The Morgan fingerprint density at radius 1 is 1.61 bits per heavy atom. The van der Waals surface area contributed by atoms with Crippen molar-refractivity contribution in [2.24, 2.45) is 5.73 Å². The average molecular weight is 289 g/mol. The van der Waals surface area contributed by atoms with Gasteiger partial charge in [-0.1, -0.05) is 0 Å². The van der Waals surface area contributed by atoms with Gasteiger partial charge in [0.1, 0.15) is 0 Å². The van der Waals surface area contributed by atoms with Crippen molar-refractivity contribution in [2.45, 2.75) is 25.9 Å². The van der Waals surface area contributed by atoms with Crippen LogP contribution in [0.5, 0.6) is 0 Å². The van der Waals surface area contributed by atoms with Gasteiger partial charge in [0.05, 0.1) is 22.2 Å². The molecule has 1 fully saturated rings. The van der Waals surface area contributed by atoms with Crippen molar-refractivity contribution in [3.8, 4) is 0 Å². The molecule has 102 valence electrons. The molecule has 7 heteroatoms. The highest BCUT2D eigenvalue weighted by atomic mass is 32.2. The number of sulfone groups is 1. The summed E-state index contributed by atoms with van der Waals surface area (Å²) in [4.78, 5) is 6.70. The summed E-state index contributed by atoms with van der Waals surface area (Å²) in [6, 6.07) is 0.0726. The lowest BCUT2D eigenvalue weighted by molar-refractivity contribution is 0.216. The fourth-order valence-corrected chi connectivity index (χ4v) is 4.57. The van der Waals surface area contributed by atoms with Crippen LogP contribution >= 0.6 is 11.3 Å². The zero-order chi connectivity index (χ0) is 13.2. The van der Waals surface area contributed by atoms with E-state index < -0.39 is 9.84 Å². The first-order chi connectivity index (χ1) is 8.50. The maximum absolute atomic E-state index is 11.5. The summed E-state index contributed by atoms with van der Waals surface area (Å²) in [5, 5.41) is 3.10. The van der Waals surface area contributed by atoms with Crippen LogP contribution in [-0.4, -0.2) is 48.9 Å². The molecule has 1 aromatic rings. The van der Waals surface area contributed by atoms with E-state index in [9.17, 15) is 8.42 Å². The van der Waals surface area contributed by atoms with Crippen LogP contribution in [0.2, 0.25) is 0 Å². The molecule has 0 saturated carbocycles. The molecule has 1 unspecified atom stereocenters. The zero-order valence-electron chi connectivity index (χ0n) is 10.5. The van der Waals surface area contributed by atoms with E-state index in [2.05, 4.69) is 9.88 Å². The highest BCUT2D eigenvalue weighted by molar-refractivity contribution is 7.91. The number of rotatable bonds is 4. The molecule has 1 aliphatic heterocycles. The summed E-state index contributed by atoms with van der Waals surface area (Å²) in [6.45, 7) is 3.92. The Labute approximate surface area is 112 Å². The normalized spacial score (nSPS) is 24.2. The number of nitrogens with two attached hydrogens (primary N) is 1. The van der Waals surface area contributed by atoms with E-state index in [4.69, 9.17) is 5.73 Å². The molecule has 1 saturated heterocycles. The van der Waals surface area contributed by atoms with Crippen LogP contribution in [0.15, 0.2) is 5.38 Å². The quantitative estimate of drug-likeness (QED) is 0.860. The van der Waals surface area contributed by atoms with Crippen LogP contribution in [-0.2, 0) is 22.8 Å². The fraction of sp³-hybridized carbons (Fsp3) is 0.727. The second-order valence-electron chi connectivity index (χ2n) is 4.71. The van der Waals surface area contributed by atoms with Gasteiger partial charge in [0.15, 0.2) is 9.84 Å². The van der Waals surface area contributed by atoms with Crippen LogP contribution < -0.4 is 5.73 Å². The van der Waals surface area contributed by atoms with E-state index in [-0.39, 0.29) is 17.5 Å². The van der Waals surface area contributed by atoms with E-state index >= 15 is 0 Å². The topological polar surface area (TPSA) is 76.3 Å². The number of aromatic nitrogens is 1. The molecule has 1 aliphatic rings. The van der Waals surface area contributed by atoms with Gasteiger partial charge < -0.3 is 5.73 Å². The average Bonchev–Trinajstić information content (AvgIpc) is 2.70. The molecule has 2 N–H and O–H groups in total. The molecule has 1 aromatic heterocycles. The summed E-state index contributed by atoms with van der Waals surface area (Å²) in [5.74, 6) is 0.518. The molecule has 0 spiro atoms. The molecule has 2 rings (SSSR count). The first kappa shape index (κ1) is 13.9. The summed E-state index contributed by atoms with van der Waals surface area (Å²) in [6.07, 6.45) is 0.814. The smallest absolute Gasteiger partial charge is 0.153 e. The van der Waals surface area contributed by atoms with Gasteiger partial charge in [-0.15, -0.1) is 11.3 Å². The molecule has 0 bridgehead atoms. The largest absolute Gasteiger partial charge is 0.330 e. The van der Waals surface area contributed by atoms with E-state index in [0.29, 0.717) is 13.1 Å². The van der Waals surface area contributed by atoms with Crippen LogP contribution in [0, 0.1) is 0 Å². The van der Waals surface area contributed by atoms with Gasteiger partial charge in [0, 0.05) is 30.9 Å². The lowest BCUT2D eigenvalue weighted by Crippen LogP contribution is -2.46. The molecule has 0 amide bonds. The van der Waals surface area contributed by atoms with Crippen LogP contribution in [0.1, 0.15) is 17.6 Å². The minimum atomic E-state index is -2.84. The van der Waals surface area contributed by atoms with Crippen LogP contribution in [0.4, 0.5) is 0 Å². The second-order valence-corrected chi connectivity index (χ2v) is 7.88. The van der Waals surface area contributed by atoms with Crippen molar-refractivity contribution in [3.63, 3.8) is 0 Å². The summed E-state index contributed by atoms with van der Waals surface area (Å²) in [5.41, 5.74) is 6.52. The Morgan fingerprint density at radius 2 is 2.39 bits per heavy atom. The third-order valence-corrected chi connectivity index (χ3v) is 5.88. The Balaban J connectivity index is 1.97. The Morgan fingerprint density at radius 3 is 3.06 bits per heavy atom. The van der Waals surface area contributed by atoms with Gasteiger partial charge in [-0.25, -0.2) is 13.4 Å². The van der Waals surface area contributed by atoms with Crippen molar-refractivity contribution >= 4 is 21.2 Å². The maximum atomic E-state index is 11.5. The second kappa shape index (κ2) is 5.64. The molecular weight excluding hydrogens is 270 g/mol. The van der Waals surface area contributed by atoms with Crippen molar-refractivity contribution in [1.29, 1.82) is 0 Å². The van der Waals surface area contributed by atoms with Crippen molar-refractivity contribution < 1.29 is 8.42 Å². The maximum Gasteiger partial charge on any atom is 0.153 e. The van der Waals surface area contributed by atoms with E-state index in [0.717, 1.165) is 23.7 Å². The number of thiazole rings is 1. The molecule has 1 atom stereocenters. The predicted octanol–water partition coefficient (Wildman–Crippen LogP) is 0.263. The van der Waals surface area contributed by atoms with Crippen LogP contribution in [0.3, 0.4) is 0 Å². The van der Waals surface area contributed by atoms with Gasteiger partial charge in [-0.2, -0.15) is 0 Å². The highest BCUT2D eigenvalue weighted by Gasteiger charge is 2.28. The molecule has 0 aromatic carbocycles. The number of hydrogen-bond acceptors (Lipinski definition) is 6. The first-order valence-corrected chi connectivity index (χ1v) is 8.78. The lowest BCUT2D eigenvalue weighted by Gasteiger charge is -2.32. The predicted molar refractivity (Wildman–Crippen MR) is 73.4 cm³/mol. The van der Waals surface area contributed by atoms with Crippen molar-refractivity contribution in [1.82, 2.24) is 9.88 Å². The number of nitrogens with zero attached hydrogens (tertiary/aromatic N) is 2. The molecule has 18 heavy (non-hydrogen) atoms. The summed E-state index contributed by atoms with van der Waals surface area (Å²) < 4.78 is 23.0. The Hall–Kier alpha value is -0.500. The van der Waals surface area contributed by atoms with E-state index in [1.165, 1.54) is 0 Å². The van der Waals surface area contributed by atoms with Gasteiger partial charge in [-0.3, -0.25) is 4.90 Å². The first-order valence-electron chi connectivity index (χ1n) is 6.08. The monoisotopic (exact) mass is 289 g/mol. The SMILES string of the molecule is CC1CS(=O)(=O)CCN1Cc1csc(CCN)n1. The highest BCUT2D eigenvalue weighted by Crippen LogP contribution is 2.17. The third-order valence-electron chi connectivity index (χ3n) is 3.13. The molecular formula is C11H19N3O2S2. The zero-order valence-corrected chi connectivity index (χ0v) is 12.1. The molecule has 2 heterocycles. The standard InChI is InChI=1S/C11H19N3O2S2/c1-9-8-18(15,16)5-4-14(9)6-10-7-17-11(13-10)2-3-12/h7,9H,2-6,8,12H2,1H3. The van der Waals surface area contributed by atoms with Crippen LogP contribution in [0.25, 0.3) is 0 Å². The van der Waals surface area contributed by atoms with E-state index in [1.54, 1.807) is 11.3 Å². The Kier molecular flexibility index (Phi) is 4.37. The van der Waals surface area contributed by atoms with Gasteiger partial charge >= 0.3 is 0 Å². The van der Waals surface area contributed by atoms with E-state index in [1.807, 2.05) is 12.3 Å². The van der Waals surface area contributed by atoms with Gasteiger partial charge in [0.25, 0.3) is 0 Å².